The number of carbonyl (C=O) groups is 1. The second-order valence-electron chi connectivity index (χ2n) is 6.43. The molecule has 2 heterocycles. The van der Waals surface area contributed by atoms with Crippen LogP contribution in [0.15, 0.2) is 30.5 Å². The molecule has 0 saturated carbocycles. The van der Waals surface area contributed by atoms with Gasteiger partial charge in [0.2, 0.25) is 5.91 Å². The summed E-state index contributed by atoms with van der Waals surface area (Å²) in [5.74, 6) is 0.0852. The molecule has 0 radical (unpaired) electrons. The molecule has 140 valence electrons. The fourth-order valence-corrected chi connectivity index (χ4v) is 3.66. The lowest BCUT2D eigenvalue weighted by Crippen LogP contribution is -2.45. The monoisotopic (exact) mass is 385 g/mol. The second-order valence-corrected chi connectivity index (χ2v) is 6.43. The fourth-order valence-electron chi connectivity index (χ4n) is 3.66. The van der Waals surface area contributed by atoms with Gasteiger partial charge in [0.05, 0.1) is 5.52 Å². The summed E-state index contributed by atoms with van der Waals surface area (Å²) in [4.78, 5) is 14.6. The number of rotatable bonds is 5. The number of fused-ring (bicyclic) bond motifs is 1. The summed E-state index contributed by atoms with van der Waals surface area (Å²) in [6, 6.07) is 8.70. The largest absolute Gasteiger partial charge is 0.314 e. The van der Waals surface area contributed by atoms with Gasteiger partial charge in [-0.15, -0.1) is 24.8 Å². The van der Waals surface area contributed by atoms with Crippen molar-refractivity contribution in [2.24, 2.45) is 0 Å². The Morgan fingerprint density at radius 1 is 1.20 bits per heavy atom. The molecule has 0 unspecified atom stereocenters. The van der Waals surface area contributed by atoms with Crippen LogP contribution < -0.4 is 5.32 Å². The van der Waals surface area contributed by atoms with Crippen LogP contribution in [0.2, 0.25) is 0 Å². The lowest BCUT2D eigenvalue weighted by Gasteiger charge is -2.35. The van der Waals surface area contributed by atoms with Crippen LogP contribution in [0.3, 0.4) is 0 Å². The number of aromatic nitrogens is 1. The molecule has 1 aromatic heterocycles. The van der Waals surface area contributed by atoms with Gasteiger partial charge in [0, 0.05) is 50.7 Å². The van der Waals surface area contributed by atoms with E-state index in [1.54, 1.807) is 6.92 Å². The topological polar surface area (TPSA) is 37.3 Å². The molecule has 3 rings (SSSR count). The van der Waals surface area contributed by atoms with Gasteiger partial charge in [0.25, 0.3) is 0 Å². The SMILES string of the molecule is CCCC[C@@H](c1cn(C(C)=O)c2ccccc12)N1CCNCC1.Cl.Cl. The molecule has 4 nitrogen and oxygen atoms in total. The minimum Gasteiger partial charge on any atom is -0.314 e. The highest BCUT2D eigenvalue weighted by molar-refractivity contribution is 5.93. The summed E-state index contributed by atoms with van der Waals surface area (Å²) in [5, 5.41) is 4.66. The quantitative estimate of drug-likeness (QED) is 0.834. The standard InChI is InChI=1S/C19H27N3O.2ClH/c1-3-4-8-18(21-12-10-20-11-13-21)17-14-22(15(2)23)19-9-6-5-7-16(17)19;;/h5-7,9,14,18,20H,3-4,8,10-13H2,1-2H3;2*1H/t18-;;/m0../s1. The zero-order valence-corrected chi connectivity index (χ0v) is 16.7. The van der Waals surface area contributed by atoms with E-state index in [-0.39, 0.29) is 30.7 Å². The van der Waals surface area contributed by atoms with Crippen molar-refractivity contribution in [1.29, 1.82) is 0 Å². The molecule has 0 spiro atoms. The average molecular weight is 386 g/mol. The molecule has 1 aromatic carbocycles. The maximum atomic E-state index is 12.0. The van der Waals surface area contributed by atoms with Crippen LogP contribution in [-0.4, -0.2) is 41.6 Å². The van der Waals surface area contributed by atoms with Crippen molar-refractivity contribution in [2.45, 2.75) is 39.2 Å². The van der Waals surface area contributed by atoms with Crippen molar-refractivity contribution in [3.05, 3.63) is 36.0 Å². The van der Waals surface area contributed by atoms with E-state index in [2.05, 4.69) is 41.5 Å². The van der Waals surface area contributed by atoms with Crippen LogP contribution in [0.5, 0.6) is 0 Å². The van der Waals surface area contributed by atoms with E-state index in [4.69, 9.17) is 0 Å². The number of hydrogen-bond acceptors (Lipinski definition) is 3. The first kappa shape index (κ1) is 22.0. The third-order valence-corrected chi connectivity index (χ3v) is 4.86. The minimum absolute atomic E-state index is 0. The Kier molecular flexibility index (Phi) is 8.94. The molecule has 1 atom stereocenters. The normalized spacial score (nSPS) is 16.1. The Morgan fingerprint density at radius 3 is 2.52 bits per heavy atom. The van der Waals surface area contributed by atoms with E-state index in [1.165, 1.54) is 23.8 Å². The number of para-hydroxylation sites is 1. The molecule has 25 heavy (non-hydrogen) atoms. The summed E-state index contributed by atoms with van der Waals surface area (Å²) in [5.41, 5.74) is 2.35. The van der Waals surface area contributed by atoms with Crippen molar-refractivity contribution < 1.29 is 4.79 Å². The Labute approximate surface area is 162 Å². The van der Waals surface area contributed by atoms with Gasteiger partial charge < -0.3 is 5.32 Å². The van der Waals surface area contributed by atoms with Crippen molar-refractivity contribution in [1.82, 2.24) is 14.8 Å². The zero-order valence-electron chi connectivity index (χ0n) is 15.0. The number of carbonyl (C=O) groups excluding carboxylic acids is 1. The molecular formula is C19H29Cl2N3O. The molecule has 1 aliphatic heterocycles. The summed E-state index contributed by atoms with van der Waals surface area (Å²) < 4.78 is 1.81. The highest BCUT2D eigenvalue weighted by atomic mass is 35.5. The first-order chi connectivity index (χ1) is 11.2. The number of unbranched alkanes of at least 4 members (excludes halogenated alkanes) is 1. The van der Waals surface area contributed by atoms with Gasteiger partial charge >= 0.3 is 0 Å². The van der Waals surface area contributed by atoms with Crippen molar-refractivity contribution in [3.63, 3.8) is 0 Å². The molecule has 0 aliphatic carbocycles. The number of piperazine rings is 1. The first-order valence-electron chi connectivity index (χ1n) is 8.78. The molecule has 1 aliphatic rings. The molecule has 1 saturated heterocycles. The van der Waals surface area contributed by atoms with Crippen molar-refractivity contribution in [2.75, 3.05) is 26.2 Å². The second kappa shape index (κ2) is 10.2. The summed E-state index contributed by atoms with van der Waals surface area (Å²) >= 11 is 0. The van der Waals surface area contributed by atoms with Gasteiger partial charge in [-0.1, -0.05) is 38.0 Å². The Hall–Kier alpha value is -1.07. The number of hydrogen-bond donors (Lipinski definition) is 1. The van der Waals surface area contributed by atoms with E-state index in [9.17, 15) is 4.79 Å². The Bertz CT molecular complexity index is 680. The van der Waals surface area contributed by atoms with E-state index < -0.39 is 0 Å². The maximum Gasteiger partial charge on any atom is 0.227 e. The van der Waals surface area contributed by atoms with Crippen LogP contribution in [0.1, 0.15) is 49.5 Å². The smallest absolute Gasteiger partial charge is 0.227 e. The van der Waals surface area contributed by atoms with Gasteiger partial charge in [0.1, 0.15) is 0 Å². The van der Waals surface area contributed by atoms with E-state index in [1.807, 2.05) is 10.6 Å². The van der Waals surface area contributed by atoms with Gasteiger partial charge in [-0.2, -0.15) is 0 Å². The predicted octanol–water partition coefficient (Wildman–Crippen LogP) is 4.28. The zero-order chi connectivity index (χ0) is 16.2. The van der Waals surface area contributed by atoms with Crippen LogP contribution >= 0.6 is 24.8 Å². The molecule has 2 aromatic rings. The highest BCUT2D eigenvalue weighted by Crippen LogP contribution is 2.33. The van der Waals surface area contributed by atoms with Gasteiger partial charge in [-0.25, -0.2) is 0 Å². The number of halogens is 2. The Morgan fingerprint density at radius 2 is 1.88 bits per heavy atom. The third-order valence-electron chi connectivity index (χ3n) is 4.86. The Balaban J connectivity index is 0.00000156. The number of benzene rings is 1. The molecule has 0 bridgehead atoms. The van der Waals surface area contributed by atoms with Crippen LogP contribution in [0.4, 0.5) is 0 Å². The van der Waals surface area contributed by atoms with Crippen molar-refractivity contribution in [3.8, 4) is 0 Å². The first-order valence-corrected chi connectivity index (χ1v) is 8.78. The van der Waals surface area contributed by atoms with Crippen molar-refractivity contribution >= 4 is 41.6 Å². The minimum atomic E-state index is 0. The lowest BCUT2D eigenvalue weighted by molar-refractivity contribution is 0.0941. The van der Waals surface area contributed by atoms with Crippen LogP contribution in [0.25, 0.3) is 10.9 Å². The summed E-state index contributed by atoms with van der Waals surface area (Å²) in [7, 11) is 0. The molecule has 1 N–H and O–H groups in total. The van der Waals surface area contributed by atoms with Crippen LogP contribution in [-0.2, 0) is 0 Å². The van der Waals surface area contributed by atoms with Gasteiger partial charge in [0.15, 0.2) is 0 Å². The van der Waals surface area contributed by atoms with Crippen LogP contribution in [0, 0.1) is 0 Å². The molecule has 6 heteroatoms. The number of nitrogens with one attached hydrogen (secondary N) is 1. The summed E-state index contributed by atoms with van der Waals surface area (Å²) in [6.07, 6.45) is 5.65. The molecule has 0 amide bonds. The molecule has 1 fully saturated rings. The van der Waals surface area contributed by atoms with Gasteiger partial charge in [-0.05, 0) is 18.1 Å². The highest BCUT2D eigenvalue weighted by Gasteiger charge is 2.25. The molecular weight excluding hydrogens is 357 g/mol. The predicted molar refractivity (Wildman–Crippen MR) is 109 cm³/mol. The fraction of sp³-hybridized carbons (Fsp3) is 0.526. The van der Waals surface area contributed by atoms with E-state index in [0.29, 0.717) is 6.04 Å². The van der Waals surface area contributed by atoms with E-state index >= 15 is 0 Å². The lowest BCUT2D eigenvalue weighted by atomic mass is 9.98. The summed E-state index contributed by atoms with van der Waals surface area (Å²) in [6.45, 7) is 8.14. The number of nitrogens with zero attached hydrogens (tertiary/aromatic N) is 2. The maximum absolute atomic E-state index is 12.0. The average Bonchev–Trinajstić information content (AvgIpc) is 2.96. The third kappa shape index (κ3) is 4.76. The van der Waals surface area contributed by atoms with E-state index in [0.717, 1.165) is 38.1 Å². The van der Waals surface area contributed by atoms with Gasteiger partial charge in [-0.3, -0.25) is 14.3 Å².